The largest absolute Gasteiger partial charge is 0.490 e. The van der Waals surface area contributed by atoms with Crippen LogP contribution in [0.5, 0.6) is 11.5 Å². The van der Waals surface area contributed by atoms with Crippen molar-refractivity contribution in [3.63, 3.8) is 0 Å². The Hall–Kier alpha value is -3.21. The molecule has 7 nitrogen and oxygen atoms in total. The van der Waals surface area contributed by atoms with Crippen LogP contribution in [0.3, 0.4) is 0 Å². The Kier molecular flexibility index (Phi) is 8.07. The maximum Gasteiger partial charge on any atom is 0.270 e. The molecule has 1 aliphatic heterocycles. The minimum Gasteiger partial charge on any atom is -0.490 e. The average Bonchev–Trinajstić information content (AvgIpc) is 3.12. The van der Waals surface area contributed by atoms with Crippen LogP contribution in [0.25, 0.3) is 6.08 Å². The van der Waals surface area contributed by atoms with Gasteiger partial charge in [-0.25, -0.2) is 0 Å². The summed E-state index contributed by atoms with van der Waals surface area (Å²) in [5, 5.41) is 10.9. The molecule has 1 heterocycles. The Bertz CT molecular complexity index is 1360. The lowest BCUT2D eigenvalue weighted by atomic mass is 10.1. The molecule has 184 valence electrons. The van der Waals surface area contributed by atoms with E-state index >= 15 is 0 Å². The summed E-state index contributed by atoms with van der Waals surface area (Å²) in [5.41, 5.74) is 3.38. The van der Waals surface area contributed by atoms with Gasteiger partial charge < -0.3 is 9.47 Å². The lowest BCUT2D eigenvalue weighted by molar-refractivity contribution is -0.384. The van der Waals surface area contributed by atoms with Gasteiger partial charge in [0.25, 0.3) is 11.6 Å². The molecule has 0 atom stereocenters. The van der Waals surface area contributed by atoms with E-state index in [1.54, 1.807) is 24.3 Å². The van der Waals surface area contributed by atoms with Gasteiger partial charge in [0.2, 0.25) is 0 Å². The Balaban J connectivity index is 1.57. The van der Waals surface area contributed by atoms with Crippen LogP contribution >= 0.6 is 39.9 Å². The SMILES string of the molecule is CCOc1cc(/C=C2\SC(=S)N(c3ccc(C)cc3)C2=O)cc(Br)c1OCc1ccc([N+](=O)[O-])cc1. The number of thioether (sulfide) groups is 1. The van der Waals surface area contributed by atoms with Crippen LogP contribution in [0.15, 0.2) is 70.0 Å². The number of non-ortho nitro benzene ring substituents is 1. The number of thiocarbonyl (C=S) groups is 1. The number of anilines is 1. The van der Waals surface area contributed by atoms with E-state index in [9.17, 15) is 14.9 Å². The topological polar surface area (TPSA) is 81.9 Å². The molecule has 10 heteroatoms. The lowest BCUT2D eigenvalue weighted by Gasteiger charge is -2.15. The molecule has 0 radical (unpaired) electrons. The number of rotatable bonds is 8. The predicted octanol–water partition coefficient (Wildman–Crippen LogP) is 7.05. The number of ether oxygens (including phenoxy) is 2. The lowest BCUT2D eigenvalue weighted by Crippen LogP contribution is -2.27. The Labute approximate surface area is 226 Å². The molecule has 1 fully saturated rings. The number of amides is 1. The highest BCUT2D eigenvalue weighted by Gasteiger charge is 2.33. The van der Waals surface area contributed by atoms with Gasteiger partial charge in [-0.1, -0.05) is 41.7 Å². The van der Waals surface area contributed by atoms with Crippen molar-refractivity contribution >= 4 is 67.6 Å². The molecule has 0 aromatic heterocycles. The first kappa shape index (κ1) is 25.9. The number of nitro benzene ring substituents is 1. The van der Waals surface area contributed by atoms with Crippen molar-refractivity contribution in [3.8, 4) is 11.5 Å². The van der Waals surface area contributed by atoms with Crippen LogP contribution in [0.4, 0.5) is 11.4 Å². The monoisotopic (exact) mass is 584 g/mol. The van der Waals surface area contributed by atoms with E-state index in [2.05, 4.69) is 15.9 Å². The Morgan fingerprint density at radius 3 is 2.44 bits per heavy atom. The fourth-order valence-electron chi connectivity index (χ4n) is 3.48. The normalized spacial score (nSPS) is 14.4. The summed E-state index contributed by atoms with van der Waals surface area (Å²) in [7, 11) is 0. The summed E-state index contributed by atoms with van der Waals surface area (Å²) < 4.78 is 12.9. The van der Waals surface area contributed by atoms with Gasteiger partial charge in [-0.3, -0.25) is 19.8 Å². The number of carbonyl (C=O) groups is 1. The van der Waals surface area contributed by atoms with Crippen molar-refractivity contribution in [1.82, 2.24) is 0 Å². The minimum atomic E-state index is -0.443. The van der Waals surface area contributed by atoms with E-state index in [1.165, 1.54) is 28.8 Å². The van der Waals surface area contributed by atoms with Crippen molar-refractivity contribution in [2.75, 3.05) is 11.5 Å². The summed E-state index contributed by atoms with van der Waals surface area (Å²) in [6, 6.07) is 17.5. The second-order valence-electron chi connectivity index (χ2n) is 7.83. The number of nitro groups is 1. The molecule has 0 spiro atoms. The maximum absolute atomic E-state index is 13.1. The summed E-state index contributed by atoms with van der Waals surface area (Å²) in [5.74, 6) is 0.829. The third kappa shape index (κ3) is 5.77. The molecule has 3 aromatic carbocycles. The van der Waals surface area contributed by atoms with Gasteiger partial charge in [0.1, 0.15) is 6.61 Å². The maximum atomic E-state index is 13.1. The van der Waals surface area contributed by atoms with Crippen LogP contribution in [0.1, 0.15) is 23.6 Å². The summed E-state index contributed by atoms with van der Waals surface area (Å²) >= 11 is 10.3. The van der Waals surface area contributed by atoms with E-state index < -0.39 is 4.92 Å². The molecular weight excluding hydrogens is 564 g/mol. The van der Waals surface area contributed by atoms with E-state index in [4.69, 9.17) is 21.7 Å². The summed E-state index contributed by atoms with van der Waals surface area (Å²) in [6.45, 7) is 4.47. The van der Waals surface area contributed by atoms with Crippen LogP contribution in [0, 0.1) is 17.0 Å². The molecule has 1 amide bonds. The zero-order chi connectivity index (χ0) is 25.8. The first-order valence-electron chi connectivity index (χ1n) is 10.9. The second kappa shape index (κ2) is 11.2. The first-order chi connectivity index (χ1) is 17.3. The summed E-state index contributed by atoms with van der Waals surface area (Å²) in [4.78, 5) is 25.6. The van der Waals surface area contributed by atoms with Crippen molar-refractivity contribution in [3.05, 3.63) is 96.8 Å². The number of aryl methyl sites for hydroxylation is 1. The van der Waals surface area contributed by atoms with Crippen LogP contribution in [-0.4, -0.2) is 21.8 Å². The van der Waals surface area contributed by atoms with Gasteiger partial charge in [0.05, 0.1) is 26.6 Å². The first-order valence-corrected chi connectivity index (χ1v) is 13.0. The Morgan fingerprint density at radius 2 is 1.81 bits per heavy atom. The highest BCUT2D eigenvalue weighted by atomic mass is 79.9. The highest BCUT2D eigenvalue weighted by molar-refractivity contribution is 9.10. The van der Waals surface area contributed by atoms with Gasteiger partial charge in [-0.05, 0) is 83.4 Å². The number of hydrogen-bond donors (Lipinski definition) is 0. The van der Waals surface area contributed by atoms with Crippen molar-refractivity contribution in [2.24, 2.45) is 0 Å². The molecule has 1 saturated heterocycles. The number of nitrogens with zero attached hydrogens (tertiary/aromatic N) is 2. The van der Waals surface area contributed by atoms with Gasteiger partial charge in [-0.15, -0.1) is 0 Å². The zero-order valence-electron chi connectivity index (χ0n) is 19.4. The standard InChI is InChI=1S/C26H21BrN2O5S2/c1-3-33-22-13-18(12-21(27)24(22)34-15-17-6-10-20(11-7-17)29(31)32)14-23-25(30)28(26(35)36-23)19-8-4-16(2)5-9-19/h4-14H,3,15H2,1-2H3/b23-14-. The molecule has 0 unspecified atom stereocenters. The van der Waals surface area contributed by atoms with E-state index in [1.807, 2.05) is 44.2 Å². The fraction of sp³-hybridized carbons (Fsp3) is 0.154. The second-order valence-corrected chi connectivity index (χ2v) is 10.4. The van der Waals surface area contributed by atoms with E-state index in [-0.39, 0.29) is 18.2 Å². The van der Waals surface area contributed by atoms with Crippen LogP contribution in [0.2, 0.25) is 0 Å². The number of carbonyl (C=O) groups excluding carboxylic acids is 1. The molecule has 4 rings (SSSR count). The minimum absolute atomic E-state index is 0.0204. The number of benzene rings is 3. The number of hydrogen-bond acceptors (Lipinski definition) is 7. The smallest absolute Gasteiger partial charge is 0.270 e. The average molecular weight is 586 g/mol. The molecule has 0 N–H and O–H groups in total. The van der Waals surface area contributed by atoms with Crippen LogP contribution in [-0.2, 0) is 11.4 Å². The van der Waals surface area contributed by atoms with Crippen molar-refractivity contribution in [2.45, 2.75) is 20.5 Å². The van der Waals surface area contributed by atoms with Gasteiger partial charge >= 0.3 is 0 Å². The van der Waals surface area contributed by atoms with E-state index in [0.29, 0.717) is 31.8 Å². The third-order valence-electron chi connectivity index (χ3n) is 5.25. The number of halogens is 1. The van der Waals surface area contributed by atoms with Gasteiger partial charge in [0, 0.05) is 12.1 Å². The van der Waals surface area contributed by atoms with Gasteiger partial charge in [-0.2, -0.15) is 0 Å². The zero-order valence-corrected chi connectivity index (χ0v) is 22.6. The fourth-order valence-corrected chi connectivity index (χ4v) is 5.35. The molecule has 3 aromatic rings. The quantitative estimate of drug-likeness (QED) is 0.121. The molecule has 0 bridgehead atoms. The van der Waals surface area contributed by atoms with Crippen molar-refractivity contribution in [1.29, 1.82) is 0 Å². The van der Waals surface area contributed by atoms with E-state index in [0.717, 1.165) is 22.4 Å². The van der Waals surface area contributed by atoms with Crippen LogP contribution < -0.4 is 14.4 Å². The Morgan fingerprint density at radius 1 is 1.11 bits per heavy atom. The molecule has 1 aliphatic rings. The summed E-state index contributed by atoms with van der Waals surface area (Å²) in [6.07, 6.45) is 1.78. The molecule has 0 aliphatic carbocycles. The molecule has 36 heavy (non-hydrogen) atoms. The van der Waals surface area contributed by atoms with Gasteiger partial charge in [0.15, 0.2) is 15.8 Å². The molecular formula is C26H21BrN2O5S2. The van der Waals surface area contributed by atoms with Crippen molar-refractivity contribution < 1.29 is 19.2 Å². The highest BCUT2D eigenvalue weighted by Crippen LogP contribution is 2.40. The predicted molar refractivity (Wildman–Crippen MR) is 150 cm³/mol. The third-order valence-corrected chi connectivity index (χ3v) is 7.14. The molecule has 0 saturated carbocycles.